The molecule has 150 valence electrons. The van der Waals surface area contributed by atoms with Crippen LogP contribution in [-0.2, 0) is 12.1 Å². The first-order valence-electron chi connectivity index (χ1n) is 9.87. The van der Waals surface area contributed by atoms with Gasteiger partial charge in [0.25, 0.3) is 0 Å². The Labute approximate surface area is 165 Å². The van der Waals surface area contributed by atoms with Crippen molar-refractivity contribution in [2.75, 3.05) is 18.4 Å². The number of carbonyl (C=O) groups excluding carboxylic acids is 1. The first-order valence-corrected chi connectivity index (χ1v) is 9.87. The molecular formula is C20H29N7O. The average Bonchev–Trinajstić information content (AvgIpc) is 3.15. The summed E-state index contributed by atoms with van der Waals surface area (Å²) in [5.41, 5.74) is 2.49. The number of fused-ring (bicyclic) bond motifs is 1. The van der Waals surface area contributed by atoms with Crippen LogP contribution in [0.3, 0.4) is 0 Å². The fourth-order valence-corrected chi connectivity index (χ4v) is 4.10. The Balaban J connectivity index is 1.59. The van der Waals surface area contributed by atoms with E-state index in [0.717, 1.165) is 41.7 Å². The van der Waals surface area contributed by atoms with Crippen LogP contribution >= 0.6 is 0 Å². The highest BCUT2D eigenvalue weighted by Gasteiger charge is 2.46. The molecule has 0 radical (unpaired) electrons. The summed E-state index contributed by atoms with van der Waals surface area (Å²) in [7, 11) is 0. The van der Waals surface area contributed by atoms with E-state index in [9.17, 15) is 4.79 Å². The molecule has 2 atom stereocenters. The van der Waals surface area contributed by atoms with E-state index in [-0.39, 0.29) is 12.1 Å². The number of urea groups is 1. The molecule has 0 spiro atoms. The number of nitrogens with zero attached hydrogens (tertiary/aromatic N) is 4. The maximum Gasteiger partial charge on any atom is 0.321 e. The first-order chi connectivity index (χ1) is 13.3. The van der Waals surface area contributed by atoms with Gasteiger partial charge in [0.15, 0.2) is 5.82 Å². The number of rotatable bonds is 2. The summed E-state index contributed by atoms with van der Waals surface area (Å²) in [6.45, 7) is 12.4. The molecule has 1 fully saturated rings. The SMILES string of the molecule is Cc1cccc(Nc2n[nH]c3c2CN(C(=O)N2C[C@@H](C)NC[C@@H]2C)C3(C)C)n1. The lowest BCUT2D eigenvalue weighted by Crippen LogP contribution is -2.60. The van der Waals surface area contributed by atoms with Gasteiger partial charge in [-0.05, 0) is 46.8 Å². The normalized spacial score (nSPS) is 23.6. The van der Waals surface area contributed by atoms with E-state index in [4.69, 9.17) is 0 Å². The number of amides is 2. The quantitative estimate of drug-likeness (QED) is 0.742. The topological polar surface area (TPSA) is 89.2 Å². The maximum atomic E-state index is 13.4. The van der Waals surface area contributed by atoms with Crippen LogP contribution in [0.1, 0.15) is 44.6 Å². The third kappa shape index (κ3) is 3.11. The predicted molar refractivity (Wildman–Crippen MR) is 108 cm³/mol. The second-order valence-electron chi connectivity index (χ2n) is 8.45. The number of pyridine rings is 1. The molecule has 0 bridgehead atoms. The molecule has 0 aromatic carbocycles. The molecule has 2 aliphatic heterocycles. The third-order valence-corrected chi connectivity index (χ3v) is 5.85. The van der Waals surface area contributed by atoms with Crippen molar-refractivity contribution in [3.05, 3.63) is 35.2 Å². The summed E-state index contributed by atoms with van der Waals surface area (Å²) in [6, 6.07) is 6.39. The third-order valence-electron chi connectivity index (χ3n) is 5.85. The van der Waals surface area contributed by atoms with E-state index in [1.807, 2.05) is 34.9 Å². The van der Waals surface area contributed by atoms with Crippen molar-refractivity contribution in [3.63, 3.8) is 0 Å². The molecule has 2 aromatic rings. The van der Waals surface area contributed by atoms with Crippen molar-refractivity contribution < 1.29 is 4.79 Å². The fourth-order valence-electron chi connectivity index (χ4n) is 4.10. The molecule has 0 aliphatic carbocycles. The molecular weight excluding hydrogens is 354 g/mol. The Hall–Kier alpha value is -2.61. The van der Waals surface area contributed by atoms with Crippen molar-refractivity contribution in [1.82, 2.24) is 30.3 Å². The minimum absolute atomic E-state index is 0.0788. The van der Waals surface area contributed by atoms with E-state index in [0.29, 0.717) is 12.6 Å². The van der Waals surface area contributed by atoms with Gasteiger partial charge >= 0.3 is 6.03 Å². The lowest BCUT2D eigenvalue weighted by molar-refractivity contribution is 0.0808. The molecule has 4 heterocycles. The van der Waals surface area contributed by atoms with Crippen molar-refractivity contribution in [2.24, 2.45) is 0 Å². The van der Waals surface area contributed by atoms with Gasteiger partial charge in [-0.1, -0.05) is 6.07 Å². The molecule has 1 saturated heterocycles. The van der Waals surface area contributed by atoms with Crippen molar-refractivity contribution in [2.45, 2.75) is 58.8 Å². The highest BCUT2D eigenvalue weighted by molar-refractivity contribution is 5.78. The molecule has 3 N–H and O–H groups in total. The van der Waals surface area contributed by atoms with Gasteiger partial charge in [0.1, 0.15) is 5.82 Å². The van der Waals surface area contributed by atoms with Crippen molar-refractivity contribution in [3.8, 4) is 0 Å². The van der Waals surface area contributed by atoms with Crippen LogP contribution in [0.15, 0.2) is 18.2 Å². The van der Waals surface area contributed by atoms with E-state index < -0.39 is 5.54 Å². The number of aromatic amines is 1. The van der Waals surface area contributed by atoms with E-state index in [2.05, 4.69) is 53.5 Å². The largest absolute Gasteiger partial charge is 0.323 e. The summed E-state index contributed by atoms with van der Waals surface area (Å²) >= 11 is 0. The number of hydrogen-bond acceptors (Lipinski definition) is 5. The molecule has 8 heteroatoms. The number of H-pyrrole nitrogens is 1. The average molecular weight is 384 g/mol. The number of aryl methyl sites for hydroxylation is 1. The monoisotopic (exact) mass is 383 g/mol. The zero-order valence-electron chi connectivity index (χ0n) is 17.2. The van der Waals surface area contributed by atoms with Gasteiger partial charge in [-0.2, -0.15) is 5.10 Å². The van der Waals surface area contributed by atoms with Gasteiger partial charge < -0.3 is 20.4 Å². The van der Waals surface area contributed by atoms with Crippen LogP contribution in [0.2, 0.25) is 0 Å². The summed E-state index contributed by atoms with van der Waals surface area (Å²) in [4.78, 5) is 21.8. The summed E-state index contributed by atoms with van der Waals surface area (Å²) < 4.78 is 0. The minimum Gasteiger partial charge on any atom is -0.323 e. The smallest absolute Gasteiger partial charge is 0.321 e. The van der Waals surface area contributed by atoms with Crippen LogP contribution in [0.5, 0.6) is 0 Å². The second kappa shape index (κ2) is 6.77. The van der Waals surface area contributed by atoms with Crippen LogP contribution in [0, 0.1) is 6.92 Å². The Morgan fingerprint density at radius 2 is 2.11 bits per heavy atom. The van der Waals surface area contributed by atoms with E-state index in [1.165, 1.54) is 0 Å². The Morgan fingerprint density at radius 1 is 1.32 bits per heavy atom. The molecule has 28 heavy (non-hydrogen) atoms. The molecule has 0 saturated carbocycles. The molecule has 0 unspecified atom stereocenters. The highest BCUT2D eigenvalue weighted by Crippen LogP contribution is 2.41. The van der Waals surface area contributed by atoms with Crippen molar-refractivity contribution in [1.29, 1.82) is 0 Å². The summed E-state index contributed by atoms with van der Waals surface area (Å²) in [5, 5.41) is 14.3. The predicted octanol–water partition coefficient (Wildman–Crippen LogP) is 2.71. The van der Waals surface area contributed by atoms with Crippen LogP contribution in [-0.4, -0.2) is 56.2 Å². The number of piperazine rings is 1. The number of aromatic nitrogens is 3. The van der Waals surface area contributed by atoms with Crippen molar-refractivity contribution >= 4 is 17.7 Å². The molecule has 8 nitrogen and oxygen atoms in total. The first kappa shape index (κ1) is 18.7. The highest BCUT2D eigenvalue weighted by atomic mass is 16.2. The van der Waals surface area contributed by atoms with Gasteiger partial charge in [0.05, 0.1) is 17.8 Å². The van der Waals surface area contributed by atoms with E-state index in [1.54, 1.807) is 0 Å². The second-order valence-corrected chi connectivity index (χ2v) is 8.45. The van der Waals surface area contributed by atoms with Gasteiger partial charge in [0, 0.05) is 36.4 Å². The van der Waals surface area contributed by atoms with Gasteiger partial charge in [-0.25, -0.2) is 9.78 Å². The molecule has 2 amide bonds. The van der Waals surface area contributed by atoms with E-state index >= 15 is 0 Å². The summed E-state index contributed by atoms with van der Waals surface area (Å²) in [6.07, 6.45) is 0. The fraction of sp³-hybridized carbons (Fsp3) is 0.550. The number of anilines is 2. The lowest BCUT2D eigenvalue weighted by atomic mass is 10.0. The molecule has 2 aromatic heterocycles. The van der Waals surface area contributed by atoms with Gasteiger partial charge in [-0.3, -0.25) is 5.10 Å². The minimum atomic E-state index is -0.451. The van der Waals surface area contributed by atoms with Gasteiger partial charge in [-0.15, -0.1) is 0 Å². The zero-order chi connectivity index (χ0) is 20.1. The molecule has 2 aliphatic rings. The Morgan fingerprint density at radius 3 is 2.86 bits per heavy atom. The summed E-state index contributed by atoms with van der Waals surface area (Å²) in [5.74, 6) is 1.49. The lowest BCUT2D eigenvalue weighted by Gasteiger charge is -2.42. The standard InChI is InChI=1S/C20H29N7O/c1-12-7-6-8-16(22-12)23-18-15-11-27(20(4,5)17(15)24-25-18)19(28)26-10-13(2)21-9-14(26)3/h6-8,13-14,21H,9-11H2,1-5H3,(H2,22,23,24,25)/t13-,14+/m1/s1. The van der Waals surface area contributed by atoms with Gasteiger partial charge in [0.2, 0.25) is 0 Å². The molecule has 4 rings (SSSR count). The number of carbonyl (C=O) groups is 1. The maximum absolute atomic E-state index is 13.4. The number of nitrogens with one attached hydrogen (secondary N) is 3. The van der Waals surface area contributed by atoms with Crippen LogP contribution in [0.4, 0.5) is 16.4 Å². The number of hydrogen-bond donors (Lipinski definition) is 3. The zero-order valence-corrected chi connectivity index (χ0v) is 17.2. The Bertz CT molecular complexity index is 890. The van der Waals surface area contributed by atoms with Crippen LogP contribution in [0.25, 0.3) is 0 Å². The Kier molecular flexibility index (Phi) is 4.53. The van der Waals surface area contributed by atoms with Crippen LogP contribution < -0.4 is 10.6 Å².